The van der Waals surface area contributed by atoms with E-state index in [2.05, 4.69) is 6.58 Å². The van der Waals surface area contributed by atoms with E-state index in [0.717, 1.165) is 38.0 Å². The fourth-order valence-electron chi connectivity index (χ4n) is 1.64. The molecule has 1 heteroatoms. The van der Waals surface area contributed by atoms with Crippen molar-refractivity contribution in [2.24, 2.45) is 5.92 Å². The summed E-state index contributed by atoms with van der Waals surface area (Å²) in [5, 5.41) is 0. The van der Waals surface area contributed by atoms with Crippen molar-refractivity contribution in [2.45, 2.75) is 38.5 Å². The second kappa shape index (κ2) is 4.32. The van der Waals surface area contributed by atoms with Gasteiger partial charge < -0.3 is 0 Å². The van der Waals surface area contributed by atoms with E-state index < -0.39 is 0 Å². The van der Waals surface area contributed by atoms with Gasteiger partial charge in [0.2, 0.25) is 0 Å². The fraction of sp³-hybridized carbons (Fsp3) is 0.700. The third-order valence-corrected chi connectivity index (χ3v) is 2.44. The first-order valence-corrected chi connectivity index (χ1v) is 4.45. The maximum Gasteiger partial charge on any atom is 0.132 e. The number of ketones is 1. The molecule has 1 saturated carbocycles. The van der Waals surface area contributed by atoms with Crippen LogP contribution in [0.15, 0.2) is 12.7 Å². The lowest BCUT2D eigenvalue weighted by atomic mass is 9.85. The number of hydrogen-bond acceptors (Lipinski definition) is 1. The Balaban J connectivity index is 2.16. The molecule has 0 spiro atoms. The maximum absolute atomic E-state index is 10.9. The minimum Gasteiger partial charge on any atom is -0.300 e. The standard InChI is InChI=1S/C10H16O/c1-2-3-4-9-5-7-10(11)8-6-9/h2,9H,1,3-8H2. The van der Waals surface area contributed by atoms with Crippen LogP contribution >= 0.6 is 0 Å². The van der Waals surface area contributed by atoms with Crippen LogP contribution < -0.4 is 0 Å². The van der Waals surface area contributed by atoms with Gasteiger partial charge in [0.05, 0.1) is 0 Å². The molecule has 1 fully saturated rings. The average molecular weight is 152 g/mol. The monoisotopic (exact) mass is 152 g/mol. The molecular formula is C10H16O. The van der Waals surface area contributed by atoms with E-state index in [9.17, 15) is 4.79 Å². The van der Waals surface area contributed by atoms with Gasteiger partial charge in [-0.15, -0.1) is 6.58 Å². The third kappa shape index (κ3) is 2.87. The molecule has 0 unspecified atom stereocenters. The third-order valence-electron chi connectivity index (χ3n) is 2.44. The van der Waals surface area contributed by atoms with Gasteiger partial charge in [-0.25, -0.2) is 0 Å². The highest BCUT2D eigenvalue weighted by atomic mass is 16.1. The molecule has 0 amide bonds. The molecule has 0 saturated heterocycles. The van der Waals surface area contributed by atoms with Crippen molar-refractivity contribution in [2.75, 3.05) is 0 Å². The average Bonchev–Trinajstić information content (AvgIpc) is 2.04. The van der Waals surface area contributed by atoms with Crippen molar-refractivity contribution >= 4 is 5.78 Å². The van der Waals surface area contributed by atoms with Gasteiger partial charge in [-0.05, 0) is 31.6 Å². The number of allylic oxidation sites excluding steroid dienone is 1. The van der Waals surface area contributed by atoms with Crippen molar-refractivity contribution < 1.29 is 4.79 Å². The van der Waals surface area contributed by atoms with Crippen molar-refractivity contribution in [3.63, 3.8) is 0 Å². The summed E-state index contributed by atoms with van der Waals surface area (Å²) in [5.74, 6) is 1.26. The van der Waals surface area contributed by atoms with Crippen LogP contribution in [0.5, 0.6) is 0 Å². The summed E-state index contributed by atoms with van der Waals surface area (Å²) < 4.78 is 0. The minimum absolute atomic E-state index is 0.458. The Bertz CT molecular complexity index is 136. The molecule has 0 aromatic rings. The lowest BCUT2D eigenvalue weighted by molar-refractivity contribution is -0.121. The highest BCUT2D eigenvalue weighted by Gasteiger charge is 2.17. The van der Waals surface area contributed by atoms with E-state index in [1.807, 2.05) is 6.08 Å². The first kappa shape index (κ1) is 8.51. The van der Waals surface area contributed by atoms with Crippen molar-refractivity contribution in [3.05, 3.63) is 12.7 Å². The molecule has 0 heterocycles. The molecule has 0 N–H and O–H groups in total. The van der Waals surface area contributed by atoms with Gasteiger partial charge in [0, 0.05) is 12.8 Å². The van der Waals surface area contributed by atoms with E-state index in [-0.39, 0.29) is 0 Å². The predicted molar refractivity (Wildman–Crippen MR) is 46.4 cm³/mol. The summed E-state index contributed by atoms with van der Waals surface area (Å²) in [4.78, 5) is 10.9. The largest absolute Gasteiger partial charge is 0.300 e. The van der Waals surface area contributed by atoms with Crippen LogP contribution in [0.4, 0.5) is 0 Å². The van der Waals surface area contributed by atoms with E-state index in [1.165, 1.54) is 6.42 Å². The Labute approximate surface area is 68.5 Å². The SMILES string of the molecule is C=CCCC1CCC(=O)CC1. The molecule has 1 rings (SSSR count). The van der Waals surface area contributed by atoms with Gasteiger partial charge in [-0.1, -0.05) is 6.08 Å². The zero-order valence-corrected chi connectivity index (χ0v) is 7.01. The van der Waals surface area contributed by atoms with Gasteiger partial charge >= 0.3 is 0 Å². The number of Topliss-reactive ketones (excluding diaryl/α,β-unsaturated/α-hetero) is 1. The van der Waals surface area contributed by atoms with Crippen molar-refractivity contribution in [1.29, 1.82) is 0 Å². The van der Waals surface area contributed by atoms with E-state index >= 15 is 0 Å². The van der Waals surface area contributed by atoms with Gasteiger partial charge in [0.25, 0.3) is 0 Å². The highest BCUT2D eigenvalue weighted by Crippen LogP contribution is 2.25. The van der Waals surface area contributed by atoms with Crippen LogP contribution in [-0.4, -0.2) is 5.78 Å². The first-order chi connectivity index (χ1) is 5.33. The number of carbonyl (C=O) groups is 1. The van der Waals surface area contributed by atoms with Crippen LogP contribution in [0, 0.1) is 5.92 Å². The molecule has 0 atom stereocenters. The lowest BCUT2D eigenvalue weighted by Gasteiger charge is -2.19. The van der Waals surface area contributed by atoms with E-state index in [4.69, 9.17) is 0 Å². The number of rotatable bonds is 3. The lowest BCUT2D eigenvalue weighted by Crippen LogP contribution is -2.13. The summed E-state index contributed by atoms with van der Waals surface area (Å²) in [6.07, 6.45) is 8.19. The summed E-state index contributed by atoms with van der Waals surface area (Å²) in [6.45, 7) is 3.69. The van der Waals surface area contributed by atoms with Gasteiger partial charge in [-0.3, -0.25) is 4.79 Å². The van der Waals surface area contributed by atoms with Crippen LogP contribution in [0.25, 0.3) is 0 Å². The molecular weight excluding hydrogens is 136 g/mol. The molecule has 0 aromatic heterocycles. The normalized spacial score (nSPS) is 20.2. The second-order valence-corrected chi connectivity index (χ2v) is 3.35. The molecule has 62 valence electrons. The van der Waals surface area contributed by atoms with Crippen molar-refractivity contribution in [3.8, 4) is 0 Å². The second-order valence-electron chi connectivity index (χ2n) is 3.35. The highest BCUT2D eigenvalue weighted by molar-refractivity contribution is 5.78. The Morgan fingerprint density at radius 1 is 1.45 bits per heavy atom. The topological polar surface area (TPSA) is 17.1 Å². The maximum atomic E-state index is 10.9. The van der Waals surface area contributed by atoms with Crippen LogP contribution in [-0.2, 0) is 4.79 Å². The predicted octanol–water partition coefficient (Wildman–Crippen LogP) is 2.71. The van der Waals surface area contributed by atoms with E-state index in [0.29, 0.717) is 5.78 Å². The van der Waals surface area contributed by atoms with Crippen LogP contribution in [0.3, 0.4) is 0 Å². The Hall–Kier alpha value is -0.590. The smallest absolute Gasteiger partial charge is 0.132 e. The molecule has 0 aliphatic heterocycles. The molecule has 1 aliphatic carbocycles. The van der Waals surface area contributed by atoms with Gasteiger partial charge in [0.1, 0.15) is 5.78 Å². The molecule has 1 nitrogen and oxygen atoms in total. The van der Waals surface area contributed by atoms with Gasteiger partial charge in [-0.2, -0.15) is 0 Å². The molecule has 0 radical (unpaired) electrons. The molecule has 0 aromatic carbocycles. The summed E-state index contributed by atoms with van der Waals surface area (Å²) in [7, 11) is 0. The van der Waals surface area contributed by atoms with Crippen LogP contribution in [0.2, 0.25) is 0 Å². The number of carbonyl (C=O) groups excluding carboxylic acids is 1. The van der Waals surface area contributed by atoms with Crippen LogP contribution in [0.1, 0.15) is 38.5 Å². The zero-order chi connectivity index (χ0) is 8.10. The summed E-state index contributed by atoms with van der Waals surface area (Å²) >= 11 is 0. The summed E-state index contributed by atoms with van der Waals surface area (Å²) in [5.41, 5.74) is 0. The summed E-state index contributed by atoms with van der Waals surface area (Å²) in [6, 6.07) is 0. The number of hydrogen-bond donors (Lipinski definition) is 0. The Morgan fingerprint density at radius 2 is 2.09 bits per heavy atom. The Morgan fingerprint density at radius 3 is 2.64 bits per heavy atom. The van der Waals surface area contributed by atoms with Crippen molar-refractivity contribution in [1.82, 2.24) is 0 Å². The van der Waals surface area contributed by atoms with Gasteiger partial charge in [0.15, 0.2) is 0 Å². The molecule has 11 heavy (non-hydrogen) atoms. The zero-order valence-electron chi connectivity index (χ0n) is 7.01. The fourth-order valence-corrected chi connectivity index (χ4v) is 1.64. The van der Waals surface area contributed by atoms with E-state index in [1.54, 1.807) is 0 Å². The quantitative estimate of drug-likeness (QED) is 0.568. The Kier molecular flexibility index (Phi) is 3.34. The minimum atomic E-state index is 0.458. The molecule has 0 bridgehead atoms. The first-order valence-electron chi connectivity index (χ1n) is 4.45. The molecule has 1 aliphatic rings.